The van der Waals surface area contributed by atoms with E-state index in [-0.39, 0.29) is 30.4 Å². The van der Waals surface area contributed by atoms with Gasteiger partial charge in [0.15, 0.2) is 0 Å². The first kappa shape index (κ1) is 16.5. The van der Waals surface area contributed by atoms with Crippen molar-refractivity contribution in [2.45, 2.75) is 45.6 Å². The van der Waals surface area contributed by atoms with Gasteiger partial charge in [-0.2, -0.15) is 0 Å². The quantitative estimate of drug-likeness (QED) is 0.716. The molecule has 0 aromatic heterocycles. The molecule has 1 aliphatic rings. The molecule has 0 aliphatic carbocycles. The molecule has 2 amide bonds. The number of nitrogens with one attached hydrogen (secondary N) is 2. The monoisotopic (exact) mass is 304 g/mol. The SMILES string of the molecule is CC(CO)C(C)NC(=O)CCCc1ccc2c(c1)CC(=O)N2. The molecule has 3 N–H and O–H groups in total. The molecule has 1 heterocycles. The third-order valence-corrected chi connectivity index (χ3v) is 4.19. The molecule has 0 bridgehead atoms. The lowest BCUT2D eigenvalue weighted by molar-refractivity contribution is -0.122. The molecule has 1 aliphatic heterocycles. The Labute approximate surface area is 131 Å². The second-order valence-corrected chi connectivity index (χ2v) is 6.09. The fourth-order valence-corrected chi connectivity index (χ4v) is 2.52. The van der Waals surface area contributed by atoms with Crippen molar-refractivity contribution in [1.82, 2.24) is 5.32 Å². The lowest BCUT2D eigenvalue weighted by Crippen LogP contribution is -2.38. The van der Waals surface area contributed by atoms with Crippen LogP contribution >= 0.6 is 0 Å². The number of benzene rings is 1. The van der Waals surface area contributed by atoms with E-state index in [4.69, 9.17) is 5.11 Å². The first-order valence-electron chi connectivity index (χ1n) is 7.81. The Morgan fingerprint density at radius 2 is 2.18 bits per heavy atom. The number of aryl methyl sites for hydroxylation is 1. The second kappa shape index (κ2) is 7.40. The number of fused-ring (bicyclic) bond motifs is 1. The third kappa shape index (κ3) is 4.31. The average Bonchev–Trinajstić information content (AvgIpc) is 2.85. The number of carbonyl (C=O) groups is 2. The summed E-state index contributed by atoms with van der Waals surface area (Å²) in [4.78, 5) is 23.2. The van der Waals surface area contributed by atoms with Gasteiger partial charge in [0.1, 0.15) is 0 Å². The van der Waals surface area contributed by atoms with Gasteiger partial charge in [0.2, 0.25) is 11.8 Å². The van der Waals surface area contributed by atoms with Crippen LogP contribution in [0.5, 0.6) is 0 Å². The van der Waals surface area contributed by atoms with Gasteiger partial charge >= 0.3 is 0 Å². The first-order chi connectivity index (χ1) is 10.5. The predicted octanol–water partition coefficient (Wildman–Crippen LogP) is 1.64. The van der Waals surface area contributed by atoms with Crippen LogP contribution < -0.4 is 10.6 Å². The summed E-state index contributed by atoms with van der Waals surface area (Å²) in [5, 5.41) is 14.8. The maximum absolute atomic E-state index is 11.8. The number of hydrogen-bond acceptors (Lipinski definition) is 3. The summed E-state index contributed by atoms with van der Waals surface area (Å²) in [5.41, 5.74) is 3.09. The first-order valence-corrected chi connectivity index (χ1v) is 7.81. The highest BCUT2D eigenvalue weighted by Gasteiger charge is 2.17. The third-order valence-electron chi connectivity index (χ3n) is 4.19. The lowest BCUT2D eigenvalue weighted by Gasteiger charge is -2.19. The van der Waals surface area contributed by atoms with Crippen LogP contribution in [0, 0.1) is 5.92 Å². The van der Waals surface area contributed by atoms with Crippen LogP contribution in [0.3, 0.4) is 0 Å². The van der Waals surface area contributed by atoms with E-state index in [0.29, 0.717) is 12.8 Å². The van der Waals surface area contributed by atoms with Crippen molar-refractivity contribution < 1.29 is 14.7 Å². The van der Waals surface area contributed by atoms with Crippen LogP contribution in [0.4, 0.5) is 5.69 Å². The summed E-state index contributed by atoms with van der Waals surface area (Å²) >= 11 is 0. The minimum absolute atomic E-state index is 0.0189. The predicted molar refractivity (Wildman–Crippen MR) is 85.6 cm³/mol. The van der Waals surface area contributed by atoms with Crippen molar-refractivity contribution in [2.24, 2.45) is 5.92 Å². The normalized spacial score (nSPS) is 15.9. The Hall–Kier alpha value is -1.88. The highest BCUT2D eigenvalue weighted by atomic mass is 16.3. The molecule has 0 fully saturated rings. The van der Waals surface area contributed by atoms with Gasteiger partial charge in [0.05, 0.1) is 6.42 Å². The van der Waals surface area contributed by atoms with E-state index in [1.165, 1.54) is 0 Å². The summed E-state index contributed by atoms with van der Waals surface area (Å²) in [6.45, 7) is 3.89. The number of hydrogen-bond donors (Lipinski definition) is 3. The summed E-state index contributed by atoms with van der Waals surface area (Å²) in [6.07, 6.45) is 2.50. The summed E-state index contributed by atoms with van der Waals surface area (Å²) < 4.78 is 0. The number of anilines is 1. The zero-order valence-corrected chi connectivity index (χ0v) is 13.2. The Kier molecular flexibility index (Phi) is 5.55. The smallest absolute Gasteiger partial charge is 0.228 e. The number of amides is 2. The van der Waals surface area contributed by atoms with Crippen molar-refractivity contribution in [3.05, 3.63) is 29.3 Å². The minimum atomic E-state index is -0.0189. The van der Waals surface area contributed by atoms with Gasteiger partial charge in [0, 0.05) is 24.8 Å². The Morgan fingerprint density at radius 1 is 1.41 bits per heavy atom. The standard InChI is InChI=1S/C17H24N2O3/c1-11(10-20)12(2)18-16(21)5-3-4-13-6-7-15-14(8-13)9-17(22)19-15/h6-8,11-12,20H,3-5,9-10H2,1-2H3,(H,18,21)(H,19,22). The highest BCUT2D eigenvalue weighted by Crippen LogP contribution is 2.24. The maximum atomic E-state index is 11.8. The van der Waals surface area contributed by atoms with Crippen molar-refractivity contribution in [3.8, 4) is 0 Å². The van der Waals surface area contributed by atoms with Crippen LogP contribution in [-0.2, 0) is 22.4 Å². The number of rotatable bonds is 7. The number of aliphatic hydroxyl groups excluding tert-OH is 1. The molecule has 0 saturated heterocycles. The zero-order valence-electron chi connectivity index (χ0n) is 13.2. The molecule has 0 radical (unpaired) electrons. The Morgan fingerprint density at radius 3 is 2.91 bits per heavy atom. The molecule has 2 atom stereocenters. The van der Waals surface area contributed by atoms with E-state index in [0.717, 1.165) is 29.7 Å². The maximum Gasteiger partial charge on any atom is 0.228 e. The molecule has 22 heavy (non-hydrogen) atoms. The average molecular weight is 304 g/mol. The topological polar surface area (TPSA) is 78.4 Å². The Bertz CT molecular complexity index is 557. The van der Waals surface area contributed by atoms with E-state index in [9.17, 15) is 9.59 Å². The fraction of sp³-hybridized carbons (Fsp3) is 0.529. The van der Waals surface area contributed by atoms with E-state index < -0.39 is 0 Å². The minimum Gasteiger partial charge on any atom is -0.396 e. The fourth-order valence-electron chi connectivity index (χ4n) is 2.52. The van der Waals surface area contributed by atoms with Crippen LogP contribution in [0.25, 0.3) is 0 Å². The van der Waals surface area contributed by atoms with E-state index in [2.05, 4.69) is 10.6 Å². The van der Waals surface area contributed by atoms with Gasteiger partial charge in [-0.15, -0.1) is 0 Å². The highest BCUT2D eigenvalue weighted by molar-refractivity contribution is 5.99. The van der Waals surface area contributed by atoms with Crippen molar-refractivity contribution in [3.63, 3.8) is 0 Å². The molecule has 120 valence electrons. The van der Waals surface area contributed by atoms with E-state index in [1.807, 2.05) is 32.0 Å². The van der Waals surface area contributed by atoms with Gasteiger partial charge in [-0.3, -0.25) is 9.59 Å². The van der Waals surface area contributed by atoms with Crippen LogP contribution in [0.1, 0.15) is 37.8 Å². The molecule has 5 nitrogen and oxygen atoms in total. The van der Waals surface area contributed by atoms with Gasteiger partial charge in [-0.1, -0.05) is 19.1 Å². The van der Waals surface area contributed by atoms with Crippen LogP contribution in [0.2, 0.25) is 0 Å². The van der Waals surface area contributed by atoms with Gasteiger partial charge < -0.3 is 15.7 Å². The van der Waals surface area contributed by atoms with E-state index >= 15 is 0 Å². The molecule has 2 rings (SSSR count). The van der Waals surface area contributed by atoms with Crippen LogP contribution in [-0.4, -0.2) is 29.6 Å². The molecule has 0 spiro atoms. The second-order valence-electron chi connectivity index (χ2n) is 6.09. The number of carbonyl (C=O) groups excluding carboxylic acids is 2. The van der Waals surface area contributed by atoms with E-state index in [1.54, 1.807) is 0 Å². The molecular formula is C17H24N2O3. The number of aliphatic hydroxyl groups is 1. The molecule has 2 unspecified atom stereocenters. The van der Waals surface area contributed by atoms with Gasteiger partial charge in [-0.25, -0.2) is 0 Å². The molecule has 1 aromatic carbocycles. The van der Waals surface area contributed by atoms with Gasteiger partial charge in [0.25, 0.3) is 0 Å². The Balaban J connectivity index is 1.76. The summed E-state index contributed by atoms with van der Waals surface area (Å²) in [6, 6.07) is 5.95. The summed E-state index contributed by atoms with van der Waals surface area (Å²) in [5.74, 6) is 0.120. The zero-order chi connectivity index (χ0) is 16.1. The largest absolute Gasteiger partial charge is 0.396 e. The van der Waals surface area contributed by atoms with Gasteiger partial charge in [-0.05, 0) is 42.9 Å². The lowest BCUT2D eigenvalue weighted by atomic mass is 10.0. The molecule has 1 aromatic rings. The summed E-state index contributed by atoms with van der Waals surface area (Å²) in [7, 11) is 0. The molecule has 0 saturated carbocycles. The molecular weight excluding hydrogens is 280 g/mol. The van der Waals surface area contributed by atoms with Crippen molar-refractivity contribution in [1.29, 1.82) is 0 Å². The molecule has 5 heteroatoms. The van der Waals surface area contributed by atoms with Crippen LogP contribution in [0.15, 0.2) is 18.2 Å². The van der Waals surface area contributed by atoms with Crippen molar-refractivity contribution in [2.75, 3.05) is 11.9 Å². The van der Waals surface area contributed by atoms with Crippen molar-refractivity contribution >= 4 is 17.5 Å².